The molecule has 2 aliphatic heterocycles. The molecule has 1 aromatic rings. The lowest BCUT2D eigenvalue weighted by atomic mass is 10.0. The minimum Gasteiger partial charge on any atom is -0.328 e. The monoisotopic (exact) mass is 370 g/mol. The van der Waals surface area contributed by atoms with E-state index < -0.39 is 23.8 Å². The van der Waals surface area contributed by atoms with Crippen LogP contribution >= 0.6 is 0 Å². The van der Waals surface area contributed by atoms with Crippen LogP contribution in [0.4, 0.5) is 0 Å². The highest BCUT2D eigenvalue weighted by molar-refractivity contribution is 6.24. The molecule has 8 heteroatoms. The Bertz CT molecular complexity index is 837. The van der Waals surface area contributed by atoms with Crippen molar-refractivity contribution in [1.29, 1.82) is 0 Å². The standard InChI is InChI=1S/C19H22N4O4/c20-11-4-5-12(8-11)21-9-10-2-1-3-13-16(10)19(27)23(18(13)26)14-6-7-15(24)22-17(14)25/h1-3,11-12,14,21H,4-9,20H2,(H,22,24,25). The van der Waals surface area contributed by atoms with Gasteiger partial charge in [0, 0.05) is 25.0 Å². The maximum Gasteiger partial charge on any atom is 0.262 e. The molecule has 2 heterocycles. The summed E-state index contributed by atoms with van der Waals surface area (Å²) in [6, 6.07) is 4.74. The van der Waals surface area contributed by atoms with Crippen LogP contribution in [0.2, 0.25) is 0 Å². The summed E-state index contributed by atoms with van der Waals surface area (Å²) in [5, 5.41) is 5.62. The van der Waals surface area contributed by atoms with Gasteiger partial charge < -0.3 is 11.1 Å². The fourth-order valence-electron chi connectivity index (χ4n) is 4.19. The predicted octanol–water partition coefficient (Wildman–Crippen LogP) is 0.0572. The average Bonchev–Trinajstić information content (AvgIpc) is 3.16. The van der Waals surface area contributed by atoms with Crippen LogP contribution in [0.15, 0.2) is 18.2 Å². The molecule has 4 rings (SSSR count). The number of carbonyl (C=O) groups is 4. The zero-order valence-electron chi connectivity index (χ0n) is 14.9. The molecule has 27 heavy (non-hydrogen) atoms. The largest absolute Gasteiger partial charge is 0.328 e. The van der Waals surface area contributed by atoms with E-state index in [-0.39, 0.29) is 24.8 Å². The van der Waals surface area contributed by atoms with Crippen LogP contribution in [-0.4, -0.2) is 46.7 Å². The Kier molecular flexibility index (Phi) is 4.53. The number of amides is 4. The second-order valence-corrected chi connectivity index (χ2v) is 7.44. The van der Waals surface area contributed by atoms with E-state index in [0.717, 1.165) is 29.7 Å². The van der Waals surface area contributed by atoms with Crippen molar-refractivity contribution in [2.75, 3.05) is 0 Å². The number of hydrogen-bond acceptors (Lipinski definition) is 6. The minimum atomic E-state index is -0.941. The van der Waals surface area contributed by atoms with Crippen LogP contribution < -0.4 is 16.4 Å². The van der Waals surface area contributed by atoms with Gasteiger partial charge in [-0.25, -0.2) is 0 Å². The summed E-state index contributed by atoms with van der Waals surface area (Å²) in [7, 11) is 0. The lowest BCUT2D eigenvalue weighted by Crippen LogP contribution is -2.54. The van der Waals surface area contributed by atoms with Crippen LogP contribution in [0.3, 0.4) is 0 Å². The van der Waals surface area contributed by atoms with Crippen LogP contribution in [0.5, 0.6) is 0 Å². The molecule has 3 aliphatic rings. The third kappa shape index (κ3) is 3.15. The molecule has 8 nitrogen and oxygen atoms in total. The summed E-state index contributed by atoms with van der Waals surface area (Å²) in [5.41, 5.74) is 7.34. The van der Waals surface area contributed by atoms with Gasteiger partial charge in [0.2, 0.25) is 11.8 Å². The van der Waals surface area contributed by atoms with Crippen molar-refractivity contribution in [2.45, 2.75) is 56.8 Å². The van der Waals surface area contributed by atoms with Gasteiger partial charge in [0.15, 0.2) is 0 Å². The summed E-state index contributed by atoms with van der Waals surface area (Å²) in [4.78, 5) is 50.3. The molecule has 3 unspecified atom stereocenters. The van der Waals surface area contributed by atoms with Gasteiger partial charge in [0.25, 0.3) is 11.8 Å². The number of hydrogen-bond donors (Lipinski definition) is 3. The molecule has 3 atom stereocenters. The van der Waals surface area contributed by atoms with Crippen molar-refractivity contribution in [3.8, 4) is 0 Å². The fraction of sp³-hybridized carbons (Fsp3) is 0.474. The van der Waals surface area contributed by atoms with Gasteiger partial charge in [0.05, 0.1) is 11.1 Å². The van der Waals surface area contributed by atoms with E-state index in [1.165, 1.54) is 0 Å². The van der Waals surface area contributed by atoms with Crippen molar-refractivity contribution in [1.82, 2.24) is 15.5 Å². The predicted molar refractivity (Wildman–Crippen MR) is 95.6 cm³/mol. The number of piperidine rings is 1. The molecule has 0 spiro atoms. The average molecular weight is 370 g/mol. The lowest BCUT2D eigenvalue weighted by molar-refractivity contribution is -0.136. The van der Waals surface area contributed by atoms with Gasteiger partial charge in [-0.1, -0.05) is 12.1 Å². The minimum absolute atomic E-state index is 0.111. The summed E-state index contributed by atoms with van der Waals surface area (Å²) in [6.45, 7) is 0.461. The van der Waals surface area contributed by atoms with E-state index >= 15 is 0 Å². The third-order valence-corrected chi connectivity index (χ3v) is 5.61. The zero-order chi connectivity index (χ0) is 19.1. The molecule has 0 aromatic heterocycles. The molecule has 0 radical (unpaired) electrons. The highest BCUT2D eigenvalue weighted by Gasteiger charge is 2.45. The molecule has 1 aliphatic carbocycles. The summed E-state index contributed by atoms with van der Waals surface area (Å²) in [5.74, 6) is -1.92. The van der Waals surface area contributed by atoms with Crippen molar-refractivity contribution in [3.05, 3.63) is 34.9 Å². The normalized spacial score (nSPS) is 27.9. The SMILES string of the molecule is NC1CCC(NCc2cccc3c2C(=O)N(C2CCC(=O)NC2=O)C3=O)C1. The molecule has 0 bridgehead atoms. The maximum atomic E-state index is 13.0. The van der Waals surface area contributed by atoms with E-state index in [0.29, 0.717) is 23.7 Å². The smallest absolute Gasteiger partial charge is 0.262 e. The third-order valence-electron chi connectivity index (χ3n) is 5.61. The van der Waals surface area contributed by atoms with E-state index in [1.54, 1.807) is 12.1 Å². The number of fused-ring (bicyclic) bond motifs is 1. The number of nitrogens with two attached hydrogens (primary N) is 1. The first-order chi connectivity index (χ1) is 13.0. The Labute approximate surface area is 156 Å². The summed E-state index contributed by atoms with van der Waals surface area (Å²) in [6.07, 6.45) is 3.13. The number of imide groups is 2. The first-order valence-electron chi connectivity index (χ1n) is 9.28. The van der Waals surface area contributed by atoms with Crippen molar-refractivity contribution in [3.63, 3.8) is 0 Å². The molecule has 142 valence electrons. The molecule has 1 saturated carbocycles. The Morgan fingerprint density at radius 1 is 1.11 bits per heavy atom. The number of rotatable bonds is 4. The number of nitrogens with one attached hydrogen (secondary N) is 2. The molecule has 1 saturated heterocycles. The highest BCUT2D eigenvalue weighted by Crippen LogP contribution is 2.30. The molecule has 4 amide bonds. The lowest BCUT2D eigenvalue weighted by Gasteiger charge is -2.27. The van der Waals surface area contributed by atoms with Crippen LogP contribution in [0.25, 0.3) is 0 Å². The van der Waals surface area contributed by atoms with Crippen molar-refractivity contribution < 1.29 is 19.2 Å². The number of carbonyl (C=O) groups excluding carboxylic acids is 4. The Hall–Kier alpha value is -2.58. The molecule has 1 aromatic carbocycles. The Balaban J connectivity index is 1.56. The van der Waals surface area contributed by atoms with E-state index in [4.69, 9.17) is 5.73 Å². The molecular weight excluding hydrogens is 348 g/mol. The molecular formula is C19H22N4O4. The molecule has 2 fully saturated rings. The van der Waals surface area contributed by atoms with Gasteiger partial charge >= 0.3 is 0 Å². The topological polar surface area (TPSA) is 122 Å². The van der Waals surface area contributed by atoms with Crippen LogP contribution in [0, 0.1) is 0 Å². The van der Waals surface area contributed by atoms with Gasteiger partial charge in [-0.15, -0.1) is 0 Å². The number of nitrogens with zero attached hydrogens (tertiary/aromatic N) is 1. The first kappa shape index (κ1) is 17.8. The Morgan fingerprint density at radius 2 is 1.93 bits per heavy atom. The maximum absolute atomic E-state index is 13.0. The second-order valence-electron chi connectivity index (χ2n) is 7.44. The van der Waals surface area contributed by atoms with Gasteiger partial charge in [-0.2, -0.15) is 0 Å². The van der Waals surface area contributed by atoms with Crippen molar-refractivity contribution in [2.24, 2.45) is 5.73 Å². The fourth-order valence-corrected chi connectivity index (χ4v) is 4.19. The van der Waals surface area contributed by atoms with Gasteiger partial charge in [-0.05, 0) is 37.3 Å². The van der Waals surface area contributed by atoms with Crippen LogP contribution in [0.1, 0.15) is 58.4 Å². The second kappa shape index (κ2) is 6.86. The van der Waals surface area contributed by atoms with Gasteiger partial charge in [-0.3, -0.25) is 29.4 Å². The molecule has 4 N–H and O–H groups in total. The van der Waals surface area contributed by atoms with Crippen LogP contribution in [-0.2, 0) is 16.1 Å². The van der Waals surface area contributed by atoms with E-state index in [9.17, 15) is 19.2 Å². The quantitative estimate of drug-likeness (QED) is 0.644. The van der Waals surface area contributed by atoms with E-state index in [2.05, 4.69) is 10.6 Å². The zero-order valence-corrected chi connectivity index (χ0v) is 14.9. The highest BCUT2D eigenvalue weighted by atomic mass is 16.2. The Morgan fingerprint density at radius 3 is 2.63 bits per heavy atom. The number of benzene rings is 1. The van der Waals surface area contributed by atoms with Crippen molar-refractivity contribution >= 4 is 23.6 Å². The summed E-state index contributed by atoms with van der Waals surface area (Å²) < 4.78 is 0. The summed E-state index contributed by atoms with van der Waals surface area (Å²) >= 11 is 0. The first-order valence-corrected chi connectivity index (χ1v) is 9.28. The van der Waals surface area contributed by atoms with Gasteiger partial charge in [0.1, 0.15) is 6.04 Å². The van der Waals surface area contributed by atoms with E-state index in [1.807, 2.05) is 6.07 Å².